The van der Waals surface area contributed by atoms with Gasteiger partial charge in [-0.3, -0.25) is 0 Å². The molecule has 0 amide bonds. The standard InChI is InChI=1S/C14H12FNO2/c1-18-14(17)10-5-6-12(13(16)8-10)9-3-2-4-11(15)7-9/h2-8H,16H2,1H3. The number of nitrogen functional groups attached to an aromatic ring is 1. The summed E-state index contributed by atoms with van der Waals surface area (Å²) < 4.78 is 17.7. The molecule has 18 heavy (non-hydrogen) atoms. The maximum absolute atomic E-state index is 13.1. The van der Waals surface area contributed by atoms with Crippen LogP contribution in [0.2, 0.25) is 0 Å². The van der Waals surface area contributed by atoms with Crippen LogP contribution in [0, 0.1) is 5.82 Å². The van der Waals surface area contributed by atoms with Gasteiger partial charge >= 0.3 is 5.97 Å². The van der Waals surface area contributed by atoms with Crippen molar-refractivity contribution in [2.75, 3.05) is 12.8 Å². The van der Waals surface area contributed by atoms with Gasteiger partial charge in [-0.15, -0.1) is 0 Å². The van der Waals surface area contributed by atoms with Crippen molar-refractivity contribution in [3.63, 3.8) is 0 Å². The van der Waals surface area contributed by atoms with E-state index < -0.39 is 5.97 Å². The van der Waals surface area contributed by atoms with Gasteiger partial charge in [0.15, 0.2) is 0 Å². The Kier molecular flexibility index (Phi) is 3.28. The van der Waals surface area contributed by atoms with Gasteiger partial charge in [-0.1, -0.05) is 18.2 Å². The predicted molar refractivity (Wildman–Crippen MR) is 67.6 cm³/mol. The number of carbonyl (C=O) groups excluding carboxylic acids is 1. The second kappa shape index (κ2) is 4.87. The third-order valence-corrected chi connectivity index (χ3v) is 2.61. The summed E-state index contributed by atoms with van der Waals surface area (Å²) in [6.07, 6.45) is 0. The first-order valence-electron chi connectivity index (χ1n) is 5.35. The van der Waals surface area contributed by atoms with E-state index in [-0.39, 0.29) is 5.82 Å². The molecule has 0 aliphatic carbocycles. The van der Waals surface area contributed by atoms with Gasteiger partial charge in [-0.2, -0.15) is 0 Å². The van der Waals surface area contributed by atoms with Gasteiger partial charge < -0.3 is 10.5 Å². The van der Waals surface area contributed by atoms with Crippen LogP contribution in [0.1, 0.15) is 10.4 Å². The van der Waals surface area contributed by atoms with Crippen LogP contribution >= 0.6 is 0 Å². The predicted octanol–water partition coefficient (Wildman–Crippen LogP) is 2.86. The number of methoxy groups -OCH3 is 1. The number of halogens is 1. The molecule has 3 nitrogen and oxygen atoms in total. The highest BCUT2D eigenvalue weighted by Crippen LogP contribution is 2.27. The number of nitrogens with two attached hydrogens (primary N) is 1. The zero-order chi connectivity index (χ0) is 13.1. The Hall–Kier alpha value is -2.36. The minimum absolute atomic E-state index is 0.330. The van der Waals surface area contributed by atoms with Crippen molar-refractivity contribution in [3.05, 3.63) is 53.8 Å². The van der Waals surface area contributed by atoms with Gasteiger partial charge in [0.1, 0.15) is 5.82 Å². The molecule has 4 heteroatoms. The van der Waals surface area contributed by atoms with Crippen molar-refractivity contribution < 1.29 is 13.9 Å². The van der Waals surface area contributed by atoms with Crippen LogP contribution in [0.15, 0.2) is 42.5 Å². The lowest BCUT2D eigenvalue weighted by Crippen LogP contribution is -2.02. The summed E-state index contributed by atoms with van der Waals surface area (Å²) in [7, 11) is 1.30. The first-order chi connectivity index (χ1) is 8.61. The van der Waals surface area contributed by atoms with Crippen molar-refractivity contribution in [1.29, 1.82) is 0 Å². The number of hydrogen-bond donors (Lipinski definition) is 1. The monoisotopic (exact) mass is 245 g/mol. The van der Waals surface area contributed by atoms with E-state index in [4.69, 9.17) is 5.73 Å². The number of ether oxygens (including phenoxy) is 1. The first kappa shape index (κ1) is 12.1. The van der Waals surface area contributed by atoms with E-state index >= 15 is 0 Å². The van der Waals surface area contributed by atoms with Gasteiger partial charge in [0.05, 0.1) is 12.7 Å². The highest BCUT2D eigenvalue weighted by Gasteiger charge is 2.09. The van der Waals surface area contributed by atoms with E-state index in [1.54, 1.807) is 24.3 Å². The maximum Gasteiger partial charge on any atom is 0.337 e. The summed E-state index contributed by atoms with van der Waals surface area (Å²) in [6.45, 7) is 0. The fourth-order valence-electron chi connectivity index (χ4n) is 1.73. The summed E-state index contributed by atoms with van der Waals surface area (Å²) in [6, 6.07) is 10.9. The molecule has 0 saturated carbocycles. The molecule has 2 aromatic carbocycles. The highest BCUT2D eigenvalue weighted by atomic mass is 19.1. The third-order valence-electron chi connectivity index (χ3n) is 2.61. The topological polar surface area (TPSA) is 52.3 Å². The fraction of sp³-hybridized carbons (Fsp3) is 0.0714. The van der Waals surface area contributed by atoms with Crippen molar-refractivity contribution in [3.8, 4) is 11.1 Å². The molecule has 2 aromatic rings. The largest absolute Gasteiger partial charge is 0.465 e. The smallest absolute Gasteiger partial charge is 0.337 e. The van der Waals surface area contributed by atoms with Crippen LogP contribution in [0.5, 0.6) is 0 Å². The summed E-state index contributed by atoms with van der Waals surface area (Å²) in [4.78, 5) is 11.3. The van der Waals surface area contributed by atoms with Crippen LogP contribution < -0.4 is 5.73 Å². The molecule has 0 atom stereocenters. The van der Waals surface area contributed by atoms with E-state index in [0.717, 1.165) is 0 Å². The van der Waals surface area contributed by atoms with Crippen molar-refractivity contribution in [2.24, 2.45) is 0 Å². The number of carbonyl (C=O) groups is 1. The van der Waals surface area contributed by atoms with E-state index in [0.29, 0.717) is 22.4 Å². The highest BCUT2D eigenvalue weighted by molar-refractivity contribution is 5.92. The molecular formula is C14H12FNO2. The quantitative estimate of drug-likeness (QED) is 0.653. The molecule has 2 rings (SSSR count). The molecule has 2 N–H and O–H groups in total. The van der Waals surface area contributed by atoms with Crippen LogP contribution in [0.4, 0.5) is 10.1 Å². The van der Waals surface area contributed by atoms with Crippen molar-refractivity contribution >= 4 is 11.7 Å². The lowest BCUT2D eigenvalue weighted by Gasteiger charge is -2.07. The number of hydrogen-bond acceptors (Lipinski definition) is 3. The Balaban J connectivity index is 2.45. The van der Waals surface area contributed by atoms with Gasteiger partial charge in [0.2, 0.25) is 0 Å². The Bertz CT molecular complexity index is 596. The Labute approximate surface area is 104 Å². The molecule has 0 fully saturated rings. The SMILES string of the molecule is COC(=O)c1ccc(-c2cccc(F)c2)c(N)c1. The molecule has 0 bridgehead atoms. The Morgan fingerprint density at radius 1 is 1.22 bits per heavy atom. The minimum atomic E-state index is -0.451. The zero-order valence-electron chi connectivity index (χ0n) is 9.81. The third kappa shape index (κ3) is 2.32. The number of rotatable bonds is 2. The van der Waals surface area contributed by atoms with Crippen LogP contribution in [0.3, 0.4) is 0 Å². The van der Waals surface area contributed by atoms with Gasteiger partial charge in [-0.05, 0) is 29.8 Å². The van der Waals surface area contributed by atoms with Gasteiger partial charge in [-0.25, -0.2) is 9.18 Å². The maximum atomic E-state index is 13.1. The fourth-order valence-corrected chi connectivity index (χ4v) is 1.73. The zero-order valence-corrected chi connectivity index (χ0v) is 9.81. The molecule has 0 aliphatic rings. The van der Waals surface area contributed by atoms with Gasteiger partial charge in [0, 0.05) is 11.3 Å². The van der Waals surface area contributed by atoms with Crippen molar-refractivity contribution in [1.82, 2.24) is 0 Å². The average molecular weight is 245 g/mol. The second-order valence-corrected chi connectivity index (χ2v) is 3.80. The van der Waals surface area contributed by atoms with E-state index in [1.165, 1.54) is 25.3 Å². The number of benzene rings is 2. The number of esters is 1. The minimum Gasteiger partial charge on any atom is -0.465 e. The number of anilines is 1. The van der Waals surface area contributed by atoms with E-state index in [9.17, 15) is 9.18 Å². The lowest BCUT2D eigenvalue weighted by atomic mass is 10.0. The molecule has 0 spiro atoms. The first-order valence-corrected chi connectivity index (χ1v) is 5.35. The average Bonchev–Trinajstić information content (AvgIpc) is 2.37. The molecule has 0 unspecified atom stereocenters. The van der Waals surface area contributed by atoms with Gasteiger partial charge in [0.25, 0.3) is 0 Å². The van der Waals surface area contributed by atoms with Crippen LogP contribution in [0.25, 0.3) is 11.1 Å². The second-order valence-electron chi connectivity index (χ2n) is 3.80. The summed E-state index contributed by atoms with van der Waals surface area (Å²) in [5.41, 5.74) is 8.00. The van der Waals surface area contributed by atoms with Crippen LogP contribution in [-0.2, 0) is 4.74 Å². The summed E-state index contributed by atoms with van der Waals surface area (Å²) >= 11 is 0. The van der Waals surface area contributed by atoms with E-state index in [2.05, 4.69) is 4.74 Å². The summed E-state index contributed by atoms with van der Waals surface area (Å²) in [5.74, 6) is -0.781. The summed E-state index contributed by atoms with van der Waals surface area (Å²) in [5, 5.41) is 0. The molecule has 0 aliphatic heterocycles. The Morgan fingerprint density at radius 2 is 2.00 bits per heavy atom. The molecule has 0 aromatic heterocycles. The normalized spacial score (nSPS) is 10.1. The van der Waals surface area contributed by atoms with Crippen molar-refractivity contribution in [2.45, 2.75) is 0 Å². The molecule has 0 radical (unpaired) electrons. The van der Waals surface area contributed by atoms with Crippen LogP contribution in [-0.4, -0.2) is 13.1 Å². The van der Waals surface area contributed by atoms with E-state index in [1.807, 2.05) is 0 Å². The molecule has 0 heterocycles. The lowest BCUT2D eigenvalue weighted by molar-refractivity contribution is 0.0601. The molecule has 0 saturated heterocycles. The Morgan fingerprint density at radius 3 is 2.61 bits per heavy atom. The molecular weight excluding hydrogens is 233 g/mol. The molecule has 92 valence electrons.